The lowest BCUT2D eigenvalue weighted by Crippen LogP contribution is -2.39. The summed E-state index contributed by atoms with van der Waals surface area (Å²) < 4.78 is 5.00. The van der Waals surface area contributed by atoms with Gasteiger partial charge >= 0.3 is 5.97 Å². The number of carboxylic acid groups (broad SMARTS) is 1. The number of aliphatic hydroxyl groups is 1. The molecule has 2 saturated heterocycles. The van der Waals surface area contributed by atoms with Gasteiger partial charge < -0.3 is 20.3 Å². The standard InChI is InChI=1S/C11H21N3O4/c15-10(16)8-14-4-2-12-1-3-13(5-6-14)7-9-11(17)18-9/h9,11-12,17H,1-8H2,(H,15,16). The van der Waals surface area contributed by atoms with Crippen LogP contribution < -0.4 is 5.32 Å². The number of nitrogens with one attached hydrogen (secondary N) is 1. The first-order valence-corrected chi connectivity index (χ1v) is 6.36. The third-order valence-electron chi connectivity index (χ3n) is 3.29. The fourth-order valence-electron chi connectivity index (χ4n) is 2.16. The maximum Gasteiger partial charge on any atom is 0.317 e. The van der Waals surface area contributed by atoms with E-state index in [9.17, 15) is 4.79 Å². The Morgan fingerprint density at radius 1 is 1.22 bits per heavy atom. The lowest BCUT2D eigenvalue weighted by Gasteiger charge is -2.24. The molecule has 0 aromatic heterocycles. The number of carboxylic acids is 1. The second-order valence-corrected chi connectivity index (χ2v) is 4.79. The Labute approximate surface area is 106 Å². The molecule has 0 aromatic carbocycles. The number of ether oxygens (including phenoxy) is 1. The first-order chi connectivity index (χ1) is 8.65. The third kappa shape index (κ3) is 4.51. The number of rotatable bonds is 4. The Bertz CT molecular complexity index is 289. The summed E-state index contributed by atoms with van der Waals surface area (Å²) in [5.41, 5.74) is 0. The highest BCUT2D eigenvalue weighted by molar-refractivity contribution is 5.69. The first kappa shape index (κ1) is 13.7. The number of nitrogens with zero attached hydrogens (tertiary/aromatic N) is 2. The van der Waals surface area contributed by atoms with Gasteiger partial charge in [-0.05, 0) is 0 Å². The summed E-state index contributed by atoms with van der Waals surface area (Å²) in [6, 6.07) is 0. The van der Waals surface area contributed by atoms with Gasteiger partial charge in [-0.1, -0.05) is 0 Å². The fraction of sp³-hybridized carbons (Fsp3) is 0.909. The van der Waals surface area contributed by atoms with Crippen LogP contribution in [0.1, 0.15) is 0 Å². The molecule has 0 bridgehead atoms. The van der Waals surface area contributed by atoms with Crippen LogP contribution in [0.25, 0.3) is 0 Å². The molecule has 7 nitrogen and oxygen atoms in total. The first-order valence-electron chi connectivity index (χ1n) is 6.36. The SMILES string of the molecule is O=C(O)CN1CCNCCN(CC2OC2O)CC1. The van der Waals surface area contributed by atoms with Crippen molar-refractivity contribution < 1.29 is 19.7 Å². The van der Waals surface area contributed by atoms with Crippen molar-refractivity contribution in [1.29, 1.82) is 0 Å². The molecule has 0 saturated carbocycles. The van der Waals surface area contributed by atoms with Crippen molar-refractivity contribution in [3.63, 3.8) is 0 Å². The molecule has 7 heteroatoms. The smallest absolute Gasteiger partial charge is 0.317 e. The van der Waals surface area contributed by atoms with Crippen LogP contribution in [0.4, 0.5) is 0 Å². The molecule has 2 aliphatic rings. The Balaban J connectivity index is 1.79. The van der Waals surface area contributed by atoms with E-state index >= 15 is 0 Å². The predicted molar refractivity (Wildman–Crippen MR) is 64.3 cm³/mol. The number of aliphatic hydroxyl groups excluding tert-OH is 1. The van der Waals surface area contributed by atoms with Gasteiger partial charge in [0.25, 0.3) is 0 Å². The zero-order valence-electron chi connectivity index (χ0n) is 10.4. The Hall–Kier alpha value is -0.730. The van der Waals surface area contributed by atoms with Crippen molar-refractivity contribution in [3.05, 3.63) is 0 Å². The molecule has 0 amide bonds. The third-order valence-corrected chi connectivity index (χ3v) is 3.29. The maximum atomic E-state index is 10.7. The van der Waals surface area contributed by atoms with Gasteiger partial charge in [-0.2, -0.15) is 0 Å². The van der Waals surface area contributed by atoms with E-state index < -0.39 is 12.3 Å². The van der Waals surface area contributed by atoms with E-state index in [0.29, 0.717) is 6.54 Å². The van der Waals surface area contributed by atoms with Gasteiger partial charge in [-0.3, -0.25) is 14.6 Å². The van der Waals surface area contributed by atoms with E-state index in [1.54, 1.807) is 0 Å². The fourth-order valence-corrected chi connectivity index (χ4v) is 2.16. The van der Waals surface area contributed by atoms with Crippen LogP contribution >= 0.6 is 0 Å². The molecule has 2 unspecified atom stereocenters. The molecule has 3 N–H and O–H groups in total. The summed E-state index contributed by atoms with van der Waals surface area (Å²) in [6.45, 7) is 5.67. The number of aliphatic carboxylic acids is 1. The van der Waals surface area contributed by atoms with Crippen molar-refractivity contribution in [1.82, 2.24) is 15.1 Å². The van der Waals surface area contributed by atoms with Crippen molar-refractivity contribution in [3.8, 4) is 0 Å². The lowest BCUT2D eigenvalue weighted by molar-refractivity contribution is -0.138. The molecule has 0 aromatic rings. The van der Waals surface area contributed by atoms with Crippen LogP contribution in [0.15, 0.2) is 0 Å². The van der Waals surface area contributed by atoms with E-state index in [-0.39, 0.29) is 12.6 Å². The van der Waals surface area contributed by atoms with Crippen molar-refractivity contribution in [2.75, 3.05) is 52.4 Å². The number of hydrogen-bond acceptors (Lipinski definition) is 6. The molecule has 2 heterocycles. The highest BCUT2D eigenvalue weighted by Crippen LogP contribution is 2.19. The number of carbonyl (C=O) groups is 1. The molecule has 0 radical (unpaired) electrons. The molecule has 2 aliphatic heterocycles. The van der Waals surface area contributed by atoms with Gasteiger partial charge in [-0.15, -0.1) is 0 Å². The van der Waals surface area contributed by atoms with E-state index in [0.717, 1.165) is 39.3 Å². The normalized spacial score (nSPS) is 31.4. The summed E-state index contributed by atoms with van der Waals surface area (Å²) in [6.07, 6.45) is -0.681. The maximum absolute atomic E-state index is 10.7. The molecule has 0 aliphatic carbocycles. The quantitative estimate of drug-likeness (QED) is 0.503. The van der Waals surface area contributed by atoms with Crippen LogP contribution in [0.5, 0.6) is 0 Å². The molecule has 0 spiro atoms. The summed E-state index contributed by atoms with van der Waals surface area (Å²) in [7, 11) is 0. The highest BCUT2D eigenvalue weighted by atomic mass is 16.7. The van der Waals surface area contributed by atoms with Crippen LogP contribution in [0, 0.1) is 0 Å². The molecule has 2 fully saturated rings. The van der Waals surface area contributed by atoms with Crippen LogP contribution in [-0.4, -0.2) is 90.7 Å². The number of epoxide rings is 1. The van der Waals surface area contributed by atoms with Gasteiger partial charge in [0.2, 0.25) is 0 Å². The summed E-state index contributed by atoms with van der Waals surface area (Å²) >= 11 is 0. The van der Waals surface area contributed by atoms with E-state index in [2.05, 4.69) is 10.2 Å². The second-order valence-electron chi connectivity index (χ2n) is 4.79. The van der Waals surface area contributed by atoms with Gasteiger partial charge in [0, 0.05) is 45.8 Å². The molecule has 2 atom stereocenters. The zero-order valence-corrected chi connectivity index (χ0v) is 10.4. The van der Waals surface area contributed by atoms with Crippen LogP contribution in [0.3, 0.4) is 0 Å². The van der Waals surface area contributed by atoms with Crippen molar-refractivity contribution >= 4 is 5.97 Å². The van der Waals surface area contributed by atoms with Crippen LogP contribution in [0.2, 0.25) is 0 Å². The largest absolute Gasteiger partial charge is 0.480 e. The average Bonchev–Trinajstić information content (AvgIpc) is 2.95. The highest BCUT2D eigenvalue weighted by Gasteiger charge is 2.38. The minimum atomic E-state index is -0.790. The molecule has 104 valence electrons. The predicted octanol–water partition coefficient (Wildman–Crippen LogP) is -2.00. The van der Waals surface area contributed by atoms with Crippen molar-refractivity contribution in [2.45, 2.75) is 12.4 Å². The van der Waals surface area contributed by atoms with Gasteiger partial charge in [-0.25, -0.2) is 0 Å². The molecule has 18 heavy (non-hydrogen) atoms. The topological polar surface area (TPSA) is 88.6 Å². The molecular formula is C11H21N3O4. The van der Waals surface area contributed by atoms with Crippen molar-refractivity contribution in [2.24, 2.45) is 0 Å². The Kier molecular flexibility index (Phi) is 4.90. The minimum absolute atomic E-state index is 0.0707. The van der Waals surface area contributed by atoms with E-state index in [1.807, 2.05) is 4.90 Å². The summed E-state index contributed by atoms with van der Waals surface area (Å²) in [5, 5.41) is 21.3. The van der Waals surface area contributed by atoms with Crippen LogP contribution in [-0.2, 0) is 9.53 Å². The number of hydrogen-bond donors (Lipinski definition) is 3. The van der Waals surface area contributed by atoms with Gasteiger partial charge in [0.05, 0.1) is 6.54 Å². The lowest BCUT2D eigenvalue weighted by atomic mass is 10.3. The monoisotopic (exact) mass is 259 g/mol. The van der Waals surface area contributed by atoms with E-state index in [4.69, 9.17) is 14.9 Å². The van der Waals surface area contributed by atoms with Gasteiger partial charge in [0.15, 0.2) is 6.29 Å². The Morgan fingerprint density at radius 2 is 1.83 bits per heavy atom. The second kappa shape index (κ2) is 6.44. The zero-order chi connectivity index (χ0) is 13.0. The van der Waals surface area contributed by atoms with E-state index in [1.165, 1.54) is 0 Å². The minimum Gasteiger partial charge on any atom is -0.480 e. The summed E-state index contributed by atoms with van der Waals surface area (Å²) in [4.78, 5) is 14.9. The summed E-state index contributed by atoms with van der Waals surface area (Å²) in [5.74, 6) is -0.790. The molecule has 2 rings (SSSR count). The Morgan fingerprint density at radius 3 is 2.44 bits per heavy atom. The molecular weight excluding hydrogens is 238 g/mol. The van der Waals surface area contributed by atoms with Gasteiger partial charge in [0.1, 0.15) is 6.10 Å². The average molecular weight is 259 g/mol.